The number of rotatable bonds is 0. The van der Waals surface area contributed by atoms with Gasteiger partial charge in [0.15, 0.2) is 0 Å². The van der Waals surface area contributed by atoms with Crippen molar-refractivity contribution in [1.29, 1.82) is 0 Å². The van der Waals surface area contributed by atoms with Gasteiger partial charge in [-0.2, -0.15) is 0 Å². The maximum atomic E-state index is 4.64. The van der Waals surface area contributed by atoms with Gasteiger partial charge in [0.2, 0.25) is 0 Å². The quantitative estimate of drug-likeness (QED) is 0.460. The van der Waals surface area contributed by atoms with Crippen molar-refractivity contribution in [3.8, 4) is 0 Å². The maximum absolute atomic E-state index is 4.64. The van der Waals surface area contributed by atoms with E-state index in [-0.39, 0.29) is 0 Å². The third-order valence-corrected chi connectivity index (χ3v) is 0. The first-order valence-corrected chi connectivity index (χ1v) is 10.9. The van der Waals surface area contributed by atoms with Gasteiger partial charge < -0.3 is 4.65 Å². The lowest BCUT2D eigenvalue weighted by Crippen LogP contribution is -1.97. The molecule has 0 rings (SSSR count). The fraction of sp³-hybridized carbons (Fsp3) is 1.00. The minimum atomic E-state index is 1.18. The van der Waals surface area contributed by atoms with Crippen LogP contribution in [0.2, 0.25) is 0 Å². The summed E-state index contributed by atoms with van der Waals surface area (Å²) < 4.78 is 3.03. The topological polar surface area (TPSA) is 12.0 Å². The highest BCUT2D eigenvalue weighted by molar-refractivity contribution is 6.25. The predicted molar refractivity (Wildman–Crippen MR) is 105 cm³/mol. The molecule has 0 aliphatic heterocycles. The van der Waals surface area contributed by atoms with Crippen molar-refractivity contribution >= 4 is 102 Å². The lowest BCUT2D eigenvalue weighted by Gasteiger charge is -1.58. The third kappa shape index (κ3) is 846. The van der Waals surface area contributed by atoms with Crippen LogP contribution in [-0.2, 0) is 0 Å². The molecule has 0 saturated carbocycles. The lowest BCUT2D eigenvalue weighted by molar-refractivity contribution is 1.68. The van der Waals surface area contributed by atoms with Gasteiger partial charge in [-0.1, -0.05) is 0 Å². The summed E-state index contributed by atoms with van der Waals surface area (Å²) in [6.45, 7) is 0. The van der Waals surface area contributed by atoms with Gasteiger partial charge in [0.1, 0.15) is 0 Å². The van der Waals surface area contributed by atoms with Crippen molar-refractivity contribution in [2.45, 2.75) is 0 Å². The first kappa shape index (κ1) is 50.5. The molecule has 0 unspecified atom stereocenters. The van der Waals surface area contributed by atoms with Gasteiger partial charge >= 0.3 is 0 Å². The Labute approximate surface area is 150 Å². The molecule has 118 valence electrons. The van der Waals surface area contributed by atoms with Crippen LogP contribution in [0, 0.1) is 0 Å². The van der Waals surface area contributed by atoms with Crippen LogP contribution in [0.1, 0.15) is 0 Å². The second-order valence-corrected chi connectivity index (χ2v) is 4.50. The average Bonchev–Trinajstić information content (AvgIpc) is 2.53. The molecule has 0 fully saturated rings. The normalized spacial score (nSPS) is 3.88. The summed E-state index contributed by atoms with van der Waals surface area (Å²) in [4.78, 5) is 0. The molecule has 1 nitrogen and oxygen atoms in total. The zero-order valence-corrected chi connectivity index (χ0v) is 21.4. The number of hydrogen-bond acceptors (Lipinski definition) is 1. The first-order valence-electron chi connectivity index (χ1n) is 3.65. The van der Waals surface area contributed by atoms with Crippen LogP contribution in [0.5, 0.6) is 0 Å². The van der Waals surface area contributed by atoms with Crippen LogP contribution in [0.15, 0.2) is 0 Å². The highest BCUT2D eigenvalue weighted by atomic mass is 35.5. The standard InChI is InChI=1S/7CH3Cl.H7NSi2/c7*1-2;2-1-3/h7*1H3;1H,2-3H3. The van der Waals surface area contributed by atoms with E-state index in [0.29, 0.717) is 0 Å². The summed E-state index contributed by atoms with van der Waals surface area (Å²) in [5, 5.41) is 0. The Hall–Kier alpha value is 2.42. The maximum Gasteiger partial charge on any atom is 0.0670 e. The SMILES string of the molecule is CCl.CCl.CCl.CCl.CCl.CCl.CCl.[SiH3]N[SiH3]. The number of alkyl halides is 7. The Morgan fingerprint density at radius 3 is 0.412 bits per heavy atom. The molecular formula is C7H28Cl7NSi2. The van der Waals surface area contributed by atoms with E-state index < -0.39 is 0 Å². The molecule has 0 aliphatic rings. The molecule has 0 spiro atoms. The summed E-state index contributed by atoms with van der Waals surface area (Å²) in [7, 11) is 2.36. The van der Waals surface area contributed by atoms with E-state index in [1.807, 2.05) is 0 Å². The van der Waals surface area contributed by atoms with Gasteiger partial charge in [-0.15, -0.1) is 81.2 Å². The Morgan fingerprint density at radius 2 is 0.412 bits per heavy atom. The molecule has 0 aliphatic carbocycles. The molecule has 0 amide bonds. The van der Waals surface area contributed by atoms with Gasteiger partial charge in [0.25, 0.3) is 0 Å². The minimum Gasteiger partial charge on any atom is -0.374 e. The van der Waals surface area contributed by atoms with Gasteiger partial charge in [0.05, 0.1) is 20.8 Å². The summed E-state index contributed by atoms with van der Waals surface area (Å²) in [5.74, 6) is 0. The fourth-order valence-corrected chi connectivity index (χ4v) is 0. The molecule has 10 heteroatoms. The van der Waals surface area contributed by atoms with Crippen molar-refractivity contribution in [3.05, 3.63) is 0 Å². The Balaban J connectivity index is -0.00000000914. The molecule has 0 atom stereocenters. The molecule has 0 aromatic heterocycles. The molecule has 0 aromatic carbocycles. The van der Waals surface area contributed by atoms with E-state index in [2.05, 4.69) is 85.9 Å². The van der Waals surface area contributed by atoms with Gasteiger partial charge in [0, 0.05) is 44.7 Å². The van der Waals surface area contributed by atoms with Gasteiger partial charge in [-0.05, 0) is 0 Å². The molecule has 0 aromatic rings. The van der Waals surface area contributed by atoms with Crippen LogP contribution in [0.25, 0.3) is 0 Å². The van der Waals surface area contributed by atoms with Gasteiger partial charge in [-0.3, -0.25) is 0 Å². The minimum absolute atomic E-state index is 1.18. The molecule has 1 N–H and O–H groups in total. The highest BCUT2D eigenvalue weighted by Gasteiger charge is 1.28. The van der Waals surface area contributed by atoms with Crippen molar-refractivity contribution in [3.63, 3.8) is 0 Å². The van der Waals surface area contributed by atoms with Crippen LogP contribution >= 0.6 is 81.2 Å². The Morgan fingerprint density at radius 1 is 0.412 bits per heavy atom. The summed E-state index contributed by atoms with van der Waals surface area (Å²) in [5.41, 5.74) is 0. The van der Waals surface area contributed by atoms with Crippen molar-refractivity contribution in [1.82, 2.24) is 4.65 Å². The Kier molecular flexibility index (Phi) is 1420. The van der Waals surface area contributed by atoms with E-state index in [9.17, 15) is 0 Å². The summed E-state index contributed by atoms with van der Waals surface area (Å²) in [6.07, 6.45) is 10.3. The monoisotopic (exact) mass is 427 g/mol. The second-order valence-electron chi connectivity index (χ2n) is 0.500. The number of hydrogen-bond donors (Lipinski definition) is 1. The Bertz CT molecular complexity index is 28.2. The molecule has 0 radical (unpaired) electrons. The van der Waals surface area contributed by atoms with E-state index in [1.54, 1.807) is 0 Å². The van der Waals surface area contributed by atoms with E-state index >= 15 is 0 Å². The van der Waals surface area contributed by atoms with Crippen molar-refractivity contribution < 1.29 is 0 Å². The van der Waals surface area contributed by atoms with Crippen molar-refractivity contribution in [2.24, 2.45) is 0 Å². The fourth-order valence-electron chi connectivity index (χ4n) is 0. The largest absolute Gasteiger partial charge is 0.374 e. The van der Waals surface area contributed by atoms with E-state index in [4.69, 9.17) is 0 Å². The van der Waals surface area contributed by atoms with E-state index in [1.165, 1.54) is 65.5 Å². The molecule has 0 bridgehead atoms. The average molecular weight is 431 g/mol. The zero-order valence-electron chi connectivity index (χ0n) is 12.1. The van der Waals surface area contributed by atoms with Gasteiger partial charge in [-0.25, -0.2) is 0 Å². The highest BCUT2D eigenvalue weighted by Crippen LogP contribution is 1.35. The van der Waals surface area contributed by atoms with E-state index in [0.717, 1.165) is 0 Å². The summed E-state index contributed by atoms with van der Waals surface area (Å²) in [6, 6.07) is 0. The van der Waals surface area contributed by atoms with Crippen LogP contribution < -0.4 is 4.65 Å². The molecular weight excluding hydrogens is 402 g/mol. The van der Waals surface area contributed by atoms with Crippen LogP contribution in [0.4, 0.5) is 0 Å². The lowest BCUT2D eigenvalue weighted by atomic mass is 12.0. The zero-order chi connectivity index (χ0) is 16.7. The number of nitrogens with one attached hydrogen (secondary N) is 1. The molecule has 0 heterocycles. The second kappa shape index (κ2) is 477. The molecule has 17 heavy (non-hydrogen) atoms. The van der Waals surface area contributed by atoms with Crippen LogP contribution in [-0.4, -0.2) is 65.5 Å². The third-order valence-electron chi connectivity index (χ3n) is 0. The summed E-state index contributed by atoms with van der Waals surface area (Å²) >= 11 is 32.5. The predicted octanol–water partition coefficient (Wildman–Crippen LogP) is 3.12. The smallest absolute Gasteiger partial charge is 0.0670 e. The number of halogens is 7. The van der Waals surface area contributed by atoms with Crippen LogP contribution in [0.3, 0.4) is 0 Å². The van der Waals surface area contributed by atoms with Crippen molar-refractivity contribution in [2.75, 3.05) is 44.7 Å². The first-order chi connectivity index (χ1) is 8.41. The molecule has 0 saturated heterocycles.